The van der Waals surface area contributed by atoms with Gasteiger partial charge in [-0.15, -0.1) is 0 Å². The highest BCUT2D eigenvalue weighted by atomic mass is 19.1. The molecule has 1 unspecified atom stereocenters. The number of alkyl carbamates (subject to hydrolysis) is 1. The molecule has 0 aliphatic carbocycles. The number of anilines is 2. The first kappa shape index (κ1) is 28.8. The van der Waals surface area contributed by atoms with Gasteiger partial charge in [0, 0.05) is 50.7 Å². The van der Waals surface area contributed by atoms with Gasteiger partial charge in [0.2, 0.25) is 11.8 Å². The molecule has 5 rings (SSSR count). The summed E-state index contributed by atoms with van der Waals surface area (Å²) in [6, 6.07) is 1.46. The van der Waals surface area contributed by atoms with Crippen LogP contribution in [-0.4, -0.2) is 117 Å². The van der Waals surface area contributed by atoms with Crippen molar-refractivity contribution in [2.45, 2.75) is 18.6 Å². The molecule has 42 heavy (non-hydrogen) atoms. The van der Waals surface area contributed by atoms with Crippen LogP contribution >= 0.6 is 0 Å². The van der Waals surface area contributed by atoms with Crippen LogP contribution in [0.25, 0.3) is 0 Å². The molecule has 1 aromatic rings. The number of cyclic esters (lactones) is 1. The third-order valence-corrected chi connectivity index (χ3v) is 7.20. The summed E-state index contributed by atoms with van der Waals surface area (Å²) in [7, 11) is 1.19. The van der Waals surface area contributed by atoms with Gasteiger partial charge in [-0.3, -0.25) is 24.5 Å². The Labute approximate surface area is 239 Å². The van der Waals surface area contributed by atoms with Crippen molar-refractivity contribution >= 4 is 47.4 Å². The zero-order valence-corrected chi connectivity index (χ0v) is 22.8. The van der Waals surface area contributed by atoms with E-state index in [1.54, 1.807) is 28.4 Å². The smallest absolute Gasteiger partial charge is 0.414 e. The average Bonchev–Trinajstić information content (AvgIpc) is 3.50. The second-order valence-corrected chi connectivity index (χ2v) is 9.92. The maximum absolute atomic E-state index is 15.2. The summed E-state index contributed by atoms with van der Waals surface area (Å²) in [5.74, 6) is -1.83. The SMILES string of the molecule is COC(=O)NC[C@H]1CN(c2cc(F)c(N3CCCN(C(=O)CNC(=O)C4CN5C=CN=CC5=N4)CC3)c(F)c2)C(=O)O1. The largest absolute Gasteiger partial charge is 0.453 e. The summed E-state index contributed by atoms with van der Waals surface area (Å²) >= 11 is 0. The number of nitrogens with one attached hydrogen (secondary N) is 2. The van der Waals surface area contributed by atoms with Gasteiger partial charge >= 0.3 is 12.2 Å². The molecule has 4 heterocycles. The number of carbonyl (C=O) groups excluding carboxylic acids is 4. The Balaban J connectivity index is 1.15. The van der Waals surface area contributed by atoms with E-state index in [9.17, 15) is 19.2 Å². The van der Waals surface area contributed by atoms with Gasteiger partial charge in [-0.25, -0.2) is 18.4 Å². The van der Waals surface area contributed by atoms with E-state index in [0.29, 0.717) is 31.9 Å². The average molecular weight is 589 g/mol. The van der Waals surface area contributed by atoms with Crippen LogP contribution in [0.2, 0.25) is 0 Å². The van der Waals surface area contributed by atoms with E-state index in [1.807, 2.05) is 0 Å². The van der Waals surface area contributed by atoms with E-state index in [0.717, 1.165) is 17.0 Å². The van der Waals surface area contributed by atoms with Gasteiger partial charge in [-0.1, -0.05) is 0 Å². The van der Waals surface area contributed by atoms with Crippen molar-refractivity contribution in [3.8, 4) is 0 Å². The van der Waals surface area contributed by atoms with Gasteiger partial charge in [0.15, 0.2) is 11.6 Å². The molecule has 1 aromatic carbocycles. The van der Waals surface area contributed by atoms with Gasteiger partial charge in [-0.2, -0.15) is 0 Å². The Hall–Kier alpha value is -4.76. The van der Waals surface area contributed by atoms with Crippen molar-refractivity contribution in [3.63, 3.8) is 0 Å². The summed E-state index contributed by atoms with van der Waals surface area (Å²) in [5, 5.41) is 5.05. The van der Waals surface area contributed by atoms with Crippen LogP contribution in [0.1, 0.15) is 6.42 Å². The van der Waals surface area contributed by atoms with E-state index in [1.165, 1.54) is 12.0 Å². The lowest BCUT2D eigenvalue weighted by atomic mass is 10.2. The van der Waals surface area contributed by atoms with E-state index in [2.05, 4.69) is 25.4 Å². The minimum atomic E-state index is -0.865. The third kappa shape index (κ3) is 6.26. The lowest BCUT2D eigenvalue weighted by Crippen LogP contribution is -2.45. The molecule has 2 N–H and O–H groups in total. The quantitative estimate of drug-likeness (QED) is 0.466. The number of benzene rings is 1. The molecule has 2 saturated heterocycles. The van der Waals surface area contributed by atoms with Gasteiger partial charge < -0.3 is 34.8 Å². The third-order valence-electron chi connectivity index (χ3n) is 7.20. The Kier molecular flexibility index (Phi) is 8.49. The number of hydrogen-bond acceptors (Lipinski definition) is 10. The standard InChI is InChI=1S/C26H30F2N8O6/c1-41-25(39)31-11-17-14-36(26(40)42-17)16-9-18(27)23(19(28)10-16)34-5-2-4-33(7-8-34)22(37)13-30-24(38)20-15-35-6-3-29-12-21(35)32-20/h3,6,9-10,12,17,20H,2,4-5,7-8,11,13-15H2,1H3,(H,30,38)(H,31,39)/t17-,20?/m0/s1. The zero-order valence-electron chi connectivity index (χ0n) is 22.8. The Morgan fingerprint density at radius 1 is 1.10 bits per heavy atom. The predicted octanol–water partition coefficient (Wildman–Crippen LogP) is 0.439. The Morgan fingerprint density at radius 2 is 1.88 bits per heavy atom. The molecule has 4 aliphatic rings. The molecule has 0 spiro atoms. The molecular formula is C26H30F2N8O6. The summed E-state index contributed by atoms with van der Waals surface area (Å²) in [6.45, 7) is 1.11. The highest BCUT2D eigenvalue weighted by Crippen LogP contribution is 2.31. The summed E-state index contributed by atoms with van der Waals surface area (Å²) in [6.07, 6.45) is 3.12. The molecule has 0 radical (unpaired) electrons. The van der Waals surface area contributed by atoms with Crippen molar-refractivity contribution in [2.24, 2.45) is 9.98 Å². The minimum absolute atomic E-state index is 0.0177. The van der Waals surface area contributed by atoms with Crippen LogP contribution in [0.4, 0.5) is 29.7 Å². The zero-order chi connectivity index (χ0) is 29.8. The molecule has 4 amide bonds. The fraction of sp³-hybridized carbons (Fsp3) is 0.462. The second-order valence-electron chi connectivity index (χ2n) is 9.92. The first-order chi connectivity index (χ1) is 20.2. The van der Waals surface area contributed by atoms with E-state index >= 15 is 8.78 Å². The maximum Gasteiger partial charge on any atom is 0.414 e. The molecule has 2 fully saturated rings. The van der Waals surface area contributed by atoms with Crippen molar-refractivity contribution in [1.29, 1.82) is 0 Å². The van der Waals surface area contributed by atoms with Gasteiger partial charge in [0.25, 0.3) is 0 Å². The number of halogens is 2. The number of carbonyl (C=O) groups is 4. The molecule has 14 nitrogen and oxygen atoms in total. The number of hydrogen-bond donors (Lipinski definition) is 2. The number of fused-ring (bicyclic) bond motifs is 1. The van der Waals surface area contributed by atoms with E-state index in [-0.39, 0.29) is 55.9 Å². The first-order valence-electron chi connectivity index (χ1n) is 13.4. The molecule has 224 valence electrons. The Bertz CT molecular complexity index is 1330. The number of aliphatic imine (C=N–C) groups is 2. The van der Waals surface area contributed by atoms with Gasteiger partial charge in [0.05, 0.1) is 45.2 Å². The molecule has 0 bridgehead atoms. The number of rotatable bonds is 7. The molecule has 2 atom stereocenters. The summed E-state index contributed by atoms with van der Waals surface area (Å²) < 4.78 is 40.1. The minimum Gasteiger partial charge on any atom is -0.453 e. The lowest BCUT2D eigenvalue weighted by molar-refractivity contribution is -0.132. The molecule has 4 aliphatic heterocycles. The van der Waals surface area contributed by atoms with Crippen LogP contribution in [0.3, 0.4) is 0 Å². The number of amidine groups is 1. The number of methoxy groups -OCH3 is 1. The molecular weight excluding hydrogens is 558 g/mol. The molecule has 0 aromatic heterocycles. The van der Waals surface area contributed by atoms with Crippen molar-refractivity contribution in [3.05, 3.63) is 36.2 Å². The topological polar surface area (TPSA) is 148 Å². The monoisotopic (exact) mass is 588 g/mol. The van der Waals surface area contributed by atoms with Crippen LogP contribution < -0.4 is 20.4 Å². The summed E-state index contributed by atoms with van der Waals surface area (Å²) in [4.78, 5) is 63.2. The number of ether oxygens (including phenoxy) is 2. The van der Waals surface area contributed by atoms with Crippen molar-refractivity contribution < 1.29 is 37.4 Å². The highest BCUT2D eigenvalue weighted by molar-refractivity contribution is 6.31. The van der Waals surface area contributed by atoms with E-state index in [4.69, 9.17) is 4.74 Å². The van der Waals surface area contributed by atoms with Gasteiger partial charge in [0.1, 0.15) is 23.7 Å². The number of amides is 4. The van der Waals surface area contributed by atoms with Crippen molar-refractivity contribution in [1.82, 2.24) is 20.4 Å². The molecule has 0 saturated carbocycles. The summed E-state index contributed by atoms with van der Waals surface area (Å²) in [5.41, 5.74) is -0.277. The van der Waals surface area contributed by atoms with Crippen LogP contribution in [0.15, 0.2) is 34.5 Å². The first-order valence-corrected chi connectivity index (χ1v) is 13.4. The lowest BCUT2D eigenvalue weighted by Gasteiger charge is -2.25. The van der Waals surface area contributed by atoms with Crippen LogP contribution in [0, 0.1) is 11.6 Å². The van der Waals surface area contributed by atoms with E-state index < -0.39 is 36.0 Å². The second kappa shape index (κ2) is 12.4. The predicted molar refractivity (Wildman–Crippen MR) is 146 cm³/mol. The Morgan fingerprint density at radius 3 is 2.62 bits per heavy atom. The van der Waals surface area contributed by atoms with Crippen molar-refractivity contribution in [2.75, 3.05) is 69.3 Å². The highest BCUT2D eigenvalue weighted by Gasteiger charge is 2.34. The normalized spacial score (nSPS) is 21.5. The number of nitrogens with zero attached hydrogens (tertiary/aromatic N) is 6. The molecule has 16 heteroatoms. The van der Waals surface area contributed by atoms with Crippen LogP contribution in [0.5, 0.6) is 0 Å². The fourth-order valence-electron chi connectivity index (χ4n) is 5.07. The van der Waals surface area contributed by atoms with Crippen LogP contribution in [-0.2, 0) is 19.1 Å². The maximum atomic E-state index is 15.2. The fourth-order valence-corrected chi connectivity index (χ4v) is 5.07. The van der Waals surface area contributed by atoms with Gasteiger partial charge in [-0.05, 0) is 6.42 Å².